The first-order valence-corrected chi connectivity index (χ1v) is 5.60. The highest BCUT2D eigenvalue weighted by atomic mass is 19.4. The largest absolute Gasteiger partial charge is 0.408 e. The minimum absolute atomic E-state index is 0.105. The number of imide groups is 1. The van der Waals surface area contributed by atoms with Crippen LogP contribution in [0, 0.1) is 0 Å². The third-order valence-corrected chi connectivity index (χ3v) is 2.20. The molecule has 0 bridgehead atoms. The highest BCUT2D eigenvalue weighted by molar-refractivity contribution is 5.97. The van der Waals surface area contributed by atoms with E-state index >= 15 is 0 Å². The summed E-state index contributed by atoms with van der Waals surface area (Å²) in [6, 6.07) is -0.206. The Kier molecular flexibility index (Phi) is 4.94. The van der Waals surface area contributed by atoms with Crippen LogP contribution in [-0.4, -0.2) is 41.0 Å². The van der Waals surface area contributed by atoms with E-state index < -0.39 is 30.7 Å². The van der Waals surface area contributed by atoms with Gasteiger partial charge in [-0.05, 0) is 6.92 Å². The van der Waals surface area contributed by atoms with Gasteiger partial charge in [-0.3, -0.25) is 14.8 Å². The Balaban J connectivity index is 2.56. The van der Waals surface area contributed by atoms with Crippen LogP contribution < -0.4 is 16.0 Å². The van der Waals surface area contributed by atoms with E-state index in [4.69, 9.17) is 0 Å². The van der Waals surface area contributed by atoms with Crippen molar-refractivity contribution in [2.24, 2.45) is 0 Å². The highest BCUT2D eigenvalue weighted by Crippen LogP contribution is 2.17. The first-order chi connectivity index (χ1) is 9.21. The second-order valence-corrected chi connectivity index (χ2v) is 3.95. The molecule has 3 N–H and O–H groups in total. The molecule has 1 unspecified atom stereocenters. The van der Waals surface area contributed by atoms with E-state index in [0.29, 0.717) is 4.68 Å². The maximum absolute atomic E-state index is 12.1. The predicted octanol–water partition coefficient (Wildman–Crippen LogP) is 0.701. The Morgan fingerprint density at radius 1 is 1.45 bits per heavy atom. The van der Waals surface area contributed by atoms with Gasteiger partial charge in [0.1, 0.15) is 18.4 Å². The second kappa shape index (κ2) is 6.26. The molecule has 0 aliphatic heterocycles. The first-order valence-electron chi connectivity index (χ1n) is 5.60. The fraction of sp³-hybridized carbons (Fsp3) is 0.500. The number of carbonyl (C=O) groups is 2. The molecular formula is C10H14F3N5O2. The summed E-state index contributed by atoms with van der Waals surface area (Å²) >= 11 is 0. The SMILES string of the molecule is CNC(=O)NC(=O)C(C)Nc1ccn(CC(F)(F)F)n1. The molecule has 10 heteroatoms. The van der Waals surface area contributed by atoms with Crippen molar-refractivity contribution in [3.05, 3.63) is 12.3 Å². The standard InChI is InChI=1S/C10H14F3N5O2/c1-6(8(19)16-9(20)14-2)15-7-3-4-18(17-7)5-10(11,12)13/h3-4,6H,5H2,1-2H3,(H,15,17)(H2,14,16,19,20). The summed E-state index contributed by atoms with van der Waals surface area (Å²) in [5.41, 5.74) is 0. The lowest BCUT2D eigenvalue weighted by Crippen LogP contribution is -2.44. The number of urea groups is 1. The number of carbonyl (C=O) groups excluding carboxylic acids is 2. The van der Waals surface area contributed by atoms with E-state index in [2.05, 4.69) is 15.7 Å². The van der Waals surface area contributed by atoms with Crippen molar-refractivity contribution >= 4 is 17.8 Å². The predicted molar refractivity (Wildman–Crippen MR) is 64.0 cm³/mol. The molecule has 1 rings (SSSR count). The molecule has 0 spiro atoms. The molecule has 1 atom stereocenters. The zero-order valence-corrected chi connectivity index (χ0v) is 10.8. The van der Waals surface area contributed by atoms with Crippen molar-refractivity contribution in [3.8, 4) is 0 Å². The summed E-state index contributed by atoms with van der Waals surface area (Å²) in [6.07, 6.45) is -3.23. The van der Waals surface area contributed by atoms with Gasteiger partial charge in [0.05, 0.1) is 0 Å². The fourth-order valence-corrected chi connectivity index (χ4v) is 1.28. The summed E-state index contributed by atoms with van der Waals surface area (Å²) in [5.74, 6) is -0.525. The van der Waals surface area contributed by atoms with Crippen LogP contribution in [0.1, 0.15) is 6.92 Å². The fourth-order valence-electron chi connectivity index (χ4n) is 1.28. The average molecular weight is 293 g/mol. The second-order valence-electron chi connectivity index (χ2n) is 3.95. The summed E-state index contributed by atoms with van der Waals surface area (Å²) in [6.45, 7) is 0.231. The van der Waals surface area contributed by atoms with E-state index in [1.165, 1.54) is 20.0 Å². The van der Waals surface area contributed by atoms with E-state index in [1.54, 1.807) is 0 Å². The monoisotopic (exact) mass is 293 g/mol. The van der Waals surface area contributed by atoms with Crippen LogP contribution in [0.25, 0.3) is 0 Å². The molecule has 3 amide bonds. The van der Waals surface area contributed by atoms with Crippen LogP contribution in [0.15, 0.2) is 12.3 Å². The summed E-state index contributed by atoms with van der Waals surface area (Å²) in [7, 11) is 1.35. The van der Waals surface area contributed by atoms with Crippen LogP contribution in [0.5, 0.6) is 0 Å². The molecule has 0 radical (unpaired) electrons. The van der Waals surface area contributed by atoms with Gasteiger partial charge in [-0.25, -0.2) is 4.79 Å². The van der Waals surface area contributed by atoms with E-state index in [-0.39, 0.29) is 5.82 Å². The molecule has 7 nitrogen and oxygen atoms in total. The van der Waals surface area contributed by atoms with Crippen molar-refractivity contribution in [1.82, 2.24) is 20.4 Å². The normalized spacial score (nSPS) is 12.7. The van der Waals surface area contributed by atoms with Gasteiger partial charge in [-0.2, -0.15) is 18.3 Å². The quantitative estimate of drug-likeness (QED) is 0.762. The molecule has 0 saturated carbocycles. The number of hydrogen-bond acceptors (Lipinski definition) is 4. The minimum Gasteiger partial charge on any atom is -0.357 e. The van der Waals surface area contributed by atoms with Crippen molar-refractivity contribution in [2.45, 2.75) is 25.7 Å². The molecule has 0 aliphatic rings. The number of hydrogen-bond donors (Lipinski definition) is 3. The number of nitrogens with zero attached hydrogens (tertiary/aromatic N) is 2. The smallest absolute Gasteiger partial charge is 0.357 e. The van der Waals surface area contributed by atoms with Crippen LogP contribution in [-0.2, 0) is 11.3 Å². The molecule has 0 aliphatic carbocycles. The summed E-state index contributed by atoms with van der Waals surface area (Å²) < 4.78 is 37.1. The molecule has 1 heterocycles. The van der Waals surface area contributed by atoms with Gasteiger partial charge in [0.2, 0.25) is 5.91 Å². The van der Waals surface area contributed by atoms with Crippen LogP contribution in [0.2, 0.25) is 0 Å². The lowest BCUT2D eigenvalue weighted by molar-refractivity contribution is -0.142. The van der Waals surface area contributed by atoms with Crippen molar-refractivity contribution in [2.75, 3.05) is 12.4 Å². The topological polar surface area (TPSA) is 88.0 Å². The molecule has 20 heavy (non-hydrogen) atoms. The maximum Gasteiger partial charge on any atom is 0.408 e. The Hall–Kier alpha value is -2.26. The first kappa shape index (κ1) is 15.8. The van der Waals surface area contributed by atoms with Crippen LogP contribution in [0.3, 0.4) is 0 Å². The molecule has 112 valence electrons. The van der Waals surface area contributed by atoms with Crippen molar-refractivity contribution in [1.29, 1.82) is 0 Å². The summed E-state index contributed by atoms with van der Waals surface area (Å²) in [5, 5.41) is 10.4. The molecule has 0 fully saturated rings. The molecule has 0 aromatic carbocycles. The Bertz CT molecular complexity index is 485. The van der Waals surface area contributed by atoms with Gasteiger partial charge in [0, 0.05) is 19.3 Å². The summed E-state index contributed by atoms with van der Waals surface area (Å²) in [4.78, 5) is 22.4. The number of alkyl halides is 3. The number of nitrogens with one attached hydrogen (secondary N) is 3. The van der Waals surface area contributed by atoms with E-state index in [1.807, 2.05) is 5.32 Å². The van der Waals surface area contributed by atoms with Gasteiger partial charge in [0.15, 0.2) is 0 Å². The number of halogens is 3. The Morgan fingerprint density at radius 2 is 2.10 bits per heavy atom. The van der Waals surface area contributed by atoms with E-state index in [0.717, 1.165) is 6.20 Å². The van der Waals surface area contributed by atoms with E-state index in [9.17, 15) is 22.8 Å². The van der Waals surface area contributed by atoms with Gasteiger partial charge >= 0.3 is 12.2 Å². The van der Waals surface area contributed by atoms with Crippen LogP contribution in [0.4, 0.5) is 23.8 Å². The number of anilines is 1. The average Bonchev–Trinajstić information content (AvgIpc) is 2.73. The number of amides is 3. The molecular weight excluding hydrogens is 279 g/mol. The Labute approximate surface area is 112 Å². The lowest BCUT2D eigenvalue weighted by atomic mass is 10.3. The zero-order chi connectivity index (χ0) is 15.3. The third kappa shape index (κ3) is 5.16. The van der Waals surface area contributed by atoms with Gasteiger partial charge in [-0.1, -0.05) is 0 Å². The highest BCUT2D eigenvalue weighted by Gasteiger charge is 2.28. The van der Waals surface area contributed by atoms with Gasteiger partial charge < -0.3 is 10.6 Å². The number of aromatic nitrogens is 2. The number of rotatable bonds is 4. The van der Waals surface area contributed by atoms with Crippen LogP contribution >= 0.6 is 0 Å². The molecule has 1 aromatic heterocycles. The zero-order valence-electron chi connectivity index (χ0n) is 10.8. The molecule has 1 aromatic rings. The lowest BCUT2D eigenvalue weighted by Gasteiger charge is -2.12. The van der Waals surface area contributed by atoms with Gasteiger partial charge in [-0.15, -0.1) is 0 Å². The minimum atomic E-state index is -4.37. The maximum atomic E-state index is 12.1. The third-order valence-electron chi connectivity index (χ3n) is 2.20. The van der Waals surface area contributed by atoms with Gasteiger partial charge in [0.25, 0.3) is 0 Å². The Morgan fingerprint density at radius 3 is 2.65 bits per heavy atom. The molecule has 0 saturated heterocycles. The van der Waals surface area contributed by atoms with Crippen molar-refractivity contribution < 1.29 is 22.8 Å². The van der Waals surface area contributed by atoms with Crippen molar-refractivity contribution in [3.63, 3.8) is 0 Å².